The molecular formula is C24H18N6. The lowest BCUT2D eigenvalue weighted by atomic mass is 10.1. The van der Waals surface area contributed by atoms with Gasteiger partial charge in [-0.05, 0) is 29.8 Å². The average Bonchev–Trinajstić information content (AvgIpc) is 3.36. The van der Waals surface area contributed by atoms with Gasteiger partial charge in [-0.1, -0.05) is 48.5 Å². The van der Waals surface area contributed by atoms with E-state index in [0.29, 0.717) is 18.1 Å². The molecule has 30 heavy (non-hydrogen) atoms. The van der Waals surface area contributed by atoms with E-state index in [1.807, 2.05) is 60.7 Å². The van der Waals surface area contributed by atoms with Crippen molar-refractivity contribution in [3.8, 4) is 6.07 Å². The fourth-order valence-corrected chi connectivity index (χ4v) is 3.63. The number of nitrogens with zero attached hydrogens (tertiary/aromatic N) is 4. The smallest absolute Gasteiger partial charge is 0.222 e. The monoisotopic (exact) mass is 390 g/mol. The van der Waals surface area contributed by atoms with Crippen molar-refractivity contribution in [1.82, 2.24) is 14.5 Å². The summed E-state index contributed by atoms with van der Waals surface area (Å²) in [6.07, 6.45) is 3.85. The number of anilines is 1. The van der Waals surface area contributed by atoms with Crippen LogP contribution in [0.4, 0.5) is 5.95 Å². The van der Waals surface area contributed by atoms with Crippen molar-refractivity contribution in [3.05, 3.63) is 95.7 Å². The third-order valence-electron chi connectivity index (χ3n) is 5.06. The number of hydrogen-bond donors (Lipinski definition) is 2. The SMILES string of the molecule is N#Cc1ccccc1Cn1cc(/C=N\Nc2nc3ccccc3[nH]2)c2ccccc21. The minimum absolute atomic E-state index is 0.596. The molecule has 0 aliphatic heterocycles. The Morgan fingerprint density at radius 1 is 1.03 bits per heavy atom. The van der Waals surface area contributed by atoms with Crippen LogP contribution in [0.3, 0.4) is 0 Å². The van der Waals surface area contributed by atoms with Gasteiger partial charge in [0.1, 0.15) is 0 Å². The quantitative estimate of drug-likeness (QED) is 0.331. The first kappa shape index (κ1) is 17.7. The fourth-order valence-electron chi connectivity index (χ4n) is 3.63. The van der Waals surface area contributed by atoms with E-state index >= 15 is 0 Å². The molecule has 2 aromatic heterocycles. The van der Waals surface area contributed by atoms with Crippen molar-refractivity contribution in [2.24, 2.45) is 5.10 Å². The zero-order valence-electron chi connectivity index (χ0n) is 16.1. The Morgan fingerprint density at radius 2 is 1.83 bits per heavy atom. The standard InChI is InChI=1S/C24H18N6/c25-13-17-7-1-2-8-18(17)15-30-16-19(20-9-3-6-12-23(20)30)14-26-29-24-27-21-10-4-5-11-22(21)28-24/h1-12,14,16H,15H2,(H2,27,28,29)/b26-14-. The van der Waals surface area contributed by atoms with E-state index in [9.17, 15) is 5.26 Å². The maximum Gasteiger partial charge on any atom is 0.222 e. The lowest BCUT2D eigenvalue weighted by Crippen LogP contribution is -2.00. The maximum absolute atomic E-state index is 9.39. The Labute approximate surface area is 173 Å². The van der Waals surface area contributed by atoms with Crippen molar-refractivity contribution < 1.29 is 0 Å². The minimum Gasteiger partial charge on any atom is -0.342 e. The number of para-hydroxylation sites is 3. The van der Waals surface area contributed by atoms with Crippen LogP contribution in [0.25, 0.3) is 21.9 Å². The molecule has 2 N–H and O–H groups in total. The lowest BCUT2D eigenvalue weighted by molar-refractivity contribution is 0.834. The van der Waals surface area contributed by atoms with Crippen molar-refractivity contribution in [3.63, 3.8) is 0 Å². The van der Waals surface area contributed by atoms with E-state index < -0.39 is 0 Å². The molecule has 0 saturated heterocycles. The van der Waals surface area contributed by atoms with E-state index in [1.165, 1.54) is 0 Å². The van der Waals surface area contributed by atoms with Crippen LogP contribution in [0.5, 0.6) is 0 Å². The molecule has 0 bridgehead atoms. The Kier molecular flexibility index (Phi) is 4.47. The van der Waals surface area contributed by atoms with E-state index in [4.69, 9.17) is 0 Å². The molecule has 0 unspecified atom stereocenters. The first-order valence-corrected chi connectivity index (χ1v) is 9.61. The van der Waals surface area contributed by atoms with Gasteiger partial charge < -0.3 is 9.55 Å². The zero-order valence-corrected chi connectivity index (χ0v) is 16.1. The van der Waals surface area contributed by atoms with Gasteiger partial charge in [-0.25, -0.2) is 10.4 Å². The van der Waals surface area contributed by atoms with Crippen LogP contribution >= 0.6 is 0 Å². The van der Waals surface area contributed by atoms with Crippen molar-refractivity contribution in [1.29, 1.82) is 5.26 Å². The summed E-state index contributed by atoms with van der Waals surface area (Å²) in [6, 6.07) is 26.0. The number of benzene rings is 3. The molecule has 6 heteroatoms. The summed E-state index contributed by atoms with van der Waals surface area (Å²) in [7, 11) is 0. The number of imidazole rings is 1. The number of nitrogens with one attached hydrogen (secondary N) is 2. The largest absolute Gasteiger partial charge is 0.342 e. The van der Waals surface area contributed by atoms with E-state index in [2.05, 4.69) is 49.5 Å². The average molecular weight is 390 g/mol. The van der Waals surface area contributed by atoms with Gasteiger partial charge in [0, 0.05) is 29.2 Å². The topological polar surface area (TPSA) is 81.8 Å². The number of rotatable bonds is 5. The number of H-pyrrole nitrogens is 1. The van der Waals surface area contributed by atoms with E-state index in [1.54, 1.807) is 6.21 Å². The van der Waals surface area contributed by atoms with Gasteiger partial charge in [0.2, 0.25) is 5.95 Å². The number of hydrogen-bond acceptors (Lipinski definition) is 4. The van der Waals surface area contributed by atoms with Crippen LogP contribution in [0.2, 0.25) is 0 Å². The minimum atomic E-state index is 0.596. The number of aromatic amines is 1. The predicted molar refractivity (Wildman–Crippen MR) is 120 cm³/mol. The summed E-state index contributed by atoms with van der Waals surface area (Å²) in [5.74, 6) is 0.596. The number of fused-ring (bicyclic) bond motifs is 2. The van der Waals surface area contributed by atoms with Crippen LogP contribution in [0.1, 0.15) is 16.7 Å². The highest BCUT2D eigenvalue weighted by atomic mass is 15.3. The summed E-state index contributed by atoms with van der Waals surface area (Å²) >= 11 is 0. The van der Waals surface area contributed by atoms with Crippen LogP contribution in [0, 0.1) is 11.3 Å². The van der Waals surface area contributed by atoms with Gasteiger partial charge in [-0.15, -0.1) is 0 Å². The molecule has 0 spiro atoms. The Balaban J connectivity index is 1.44. The van der Waals surface area contributed by atoms with Crippen molar-refractivity contribution >= 4 is 34.1 Å². The molecule has 144 valence electrons. The molecule has 3 aromatic carbocycles. The number of hydrazone groups is 1. The number of nitriles is 1. The van der Waals surface area contributed by atoms with Gasteiger partial charge in [0.15, 0.2) is 0 Å². The summed E-state index contributed by atoms with van der Waals surface area (Å²) < 4.78 is 2.15. The van der Waals surface area contributed by atoms with Gasteiger partial charge in [0.25, 0.3) is 0 Å². The van der Waals surface area contributed by atoms with Crippen LogP contribution in [-0.4, -0.2) is 20.7 Å². The summed E-state index contributed by atoms with van der Waals surface area (Å²) in [5.41, 5.74) is 8.59. The van der Waals surface area contributed by atoms with Crippen LogP contribution < -0.4 is 5.43 Å². The van der Waals surface area contributed by atoms with Gasteiger partial charge in [-0.3, -0.25) is 0 Å². The van der Waals surface area contributed by atoms with Gasteiger partial charge in [-0.2, -0.15) is 10.4 Å². The highest BCUT2D eigenvalue weighted by Gasteiger charge is 2.09. The third-order valence-corrected chi connectivity index (χ3v) is 5.06. The molecule has 0 amide bonds. The second-order valence-electron chi connectivity index (χ2n) is 6.97. The molecule has 0 atom stereocenters. The second kappa shape index (κ2) is 7.57. The van der Waals surface area contributed by atoms with Gasteiger partial charge in [0.05, 0.1) is 28.9 Å². The maximum atomic E-state index is 9.39. The Morgan fingerprint density at radius 3 is 2.73 bits per heavy atom. The normalized spacial score (nSPS) is 11.3. The molecular weight excluding hydrogens is 372 g/mol. The Bertz CT molecular complexity index is 1380. The molecule has 5 rings (SSSR count). The van der Waals surface area contributed by atoms with Crippen LogP contribution in [0.15, 0.2) is 84.1 Å². The summed E-state index contributed by atoms with van der Waals surface area (Å²) in [5, 5.41) is 14.9. The van der Waals surface area contributed by atoms with Crippen LogP contribution in [-0.2, 0) is 6.54 Å². The first-order chi connectivity index (χ1) is 14.8. The van der Waals surface area contributed by atoms with E-state index in [-0.39, 0.29) is 0 Å². The molecule has 0 radical (unpaired) electrons. The fraction of sp³-hybridized carbons (Fsp3) is 0.0417. The van der Waals surface area contributed by atoms with Crippen molar-refractivity contribution in [2.75, 3.05) is 5.43 Å². The molecule has 0 fully saturated rings. The zero-order chi connectivity index (χ0) is 20.3. The molecule has 2 heterocycles. The molecule has 5 aromatic rings. The molecule has 0 aliphatic rings. The molecule has 0 saturated carbocycles. The van der Waals surface area contributed by atoms with Crippen molar-refractivity contribution in [2.45, 2.75) is 6.54 Å². The number of aromatic nitrogens is 3. The van der Waals surface area contributed by atoms with E-state index in [0.717, 1.165) is 33.1 Å². The summed E-state index contributed by atoms with van der Waals surface area (Å²) in [4.78, 5) is 7.67. The second-order valence-corrected chi connectivity index (χ2v) is 6.97. The molecule has 0 aliphatic carbocycles. The summed E-state index contributed by atoms with van der Waals surface area (Å²) in [6.45, 7) is 0.620. The molecule has 6 nitrogen and oxygen atoms in total. The first-order valence-electron chi connectivity index (χ1n) is 9.61. The highest BCUT2D eigenvalue weighted by molar-refractivity contribution is 5.99. The lowest BCUT2D eigenvalue weighted by Gasteiger charge is -2.07. The van der Waals surface area contributed by atoms with Gasteiger partial charge >= 0.3 is 0 Å². The third kappa shape index (κ3) is 3.29. The predicted octanol–water partition coefficient (Wildman–Crippen LogP) is 4.88. The highest BCUT2D eigenvalue weighted by Crippen LogP contribution is 2.22. The Hall–Kier alpha value is -4.37.